The Morgan fingerprint density at radius 2 is 2.20 bits per heavy atom. The molecule has 3 rings (SSSR count). The van der Waals surface area contributed by atoms with Crippen LogP contribution >= 0.6 is 11.8 Å². The molecule has 2 aliphatic heterocycles. The molecule has 6 heteroatoms. The fourth-order valence-electron chi connectivity index (χ4n) is 1.79. The Morgan fingerprint density at radius 1 is 1.33 bits per heavy atom. The molecule has 0 fully saturated rings. The van der Waals surface area contributed by atoms with Gasteiger partial charge in [-0.2, -0.15) is 0 Å². The highest BCUT2D eigenvalue weighted by Gasteiger charge is 2.35. The second kappa shape index (κ2) is 2.96. The maximum absolute atomic E-state index is 11.5. The first-order chi connectivity index (χ1) is 7.25. The molecule has 3 heterocycles. The Hall–Kier alpha value is -1.56. The van der Waals surface area contributed by atoms with E-state index in [-0.39, 0.29) is 16.9 Å². The Bertz CT molecular complexity index is 584. The summed E-state index contributed by atoms with van der Waals surface area (Å²) in [6.45, 7) is 0. The third-order valence-electron chi connectivity index (χ3n) is 2.42. The Labute approximate surface area is 88.3 Å². The molecule has 0 aliphatic carbocycles. The van der Waals surface area contributed by atoms with Gasteiger partial charge in [0.05, 0.1) is 15.8 Å². The van der Waals surface area contributed by atoms with E-state index in [1.54, 1.807) is 6.21 Å². The molecule has 2 unspecified atom stereocenters. The molecule has 2 aliphatic rings. The topological polar surface area (TPSA) is 78.1 Å². The summed E-state index contributed by atoms with van der Waals surface area (Å²) >= 11 is 1.44. The van der Waals surface area contributed by atoms with Gasteiger partial charge in [0.25, 0.3) is 5.56 Å². The van der Waals surface area contributed by atoms with Crippen molar-refractivity contribution in [3.8, 4) is 0 Å². The fraction of sp³-hybridized carbons (Fsp3) is 0.222. The number of hydrogen-bond acceptors (Lipinski definition) is 4. The second-order valence-electron chi connectivity index (χ2n) is 3.36. The maximum atomic E-state index is 11.5. The Morgan fingerprint density at radius 3 is 3.07 bits per heavy atom. The molecule has 2 atom stereocenters. The molecule has 5 nitrogen and oxygen atoms in total. The van der Waals surface area contributed by atoms with E-state index < -0.39 is 5.69 Å². The molecule has 1 aromatic rings. The summed E-state index contributed by atoms with van der Waals surface area (Å²) in [5.74, 6) is 0. The van der Waals surface area contributed by atoms with E-state index in [2.05, 4.69) is 15.0 Å². The molecule has 1 aromatic heterocycles. The highest BCUT2D eigenvalue weighted by molar-refractivity contribution is 8.00. The summed E-state index contributed by atoms with van der Waals surface area (Å²) in [5, 5.41) is 0.129. The lowest BCUT2D eigenvalue weighted by atomic mass is 10.1. The summed E-state index contributed by atoms with van der Waals surface area (Å²) in [4.78, 5) is 32.3. The van der Waals surface area contributed by atoms with Gasteiger partial charge in [-0.25, -0.2) is 4.79 Å². The van der Waals surface area contributed by atoms with Crippen molar-refractivity contribution in [3.63, 3.8) is 0 Å². The molecule has 0 aromatic carbocycles. The van der Waals surface area contributed by atoms with Crippen molar-refractivity contribution in [2.75, 3.05) is 0 Å². The fourth-order valence-corrected chi connectivity index (χ4v) is 3.02. The minimum absolute atomic E-state index is 0.120. The number of rotatable bonds is 0. The number of thioether (sulfide) groups is 1. The van der Waals surface area contributed by atoms with Gasteiger partial charge >= 0.3 is 5.69 Å². The van der Waals surface area contributed by atoms with E-state index in [1.165, 1.54) is 11.8 Å². The second-order valence-corrected chi connectivity index (χ2v) is 4.55. The molecule has 15 heavy (non-hydrogen) atoms. The molecule has 0 amide bonds. The van der Waals surface area contributed by atoms with Crippen molar-refractivity contribution in [1.82, 2.24) is 9.97 Å². The number of aromatic amines is 2. The highest BCUT2D eigenvalue weighted by atomic mass is 32.2. The highest BCUT2D eigenvalue weighted by Crippen LogP contribution is 2.44. The number of aliphatic imine (C=N–C) groups is 1. The van der Waals surface area contributed by atoms with Gasteiger partial charge in [0.15, 0.2) is 0 Å². The molecule has 0 spiro atoms. The Kier molecular flexibility index (Phi) is 1.72. The molecule has 0 saturated heterocycles. The number of fused-ring (bicyclic) bond motifs is 3. The maximum Gasteiger partial charge on any atom is 0.326 e. The van der Waals surface area contributed by atoms with Crippen LogP contribution in [0.1, 0.15) is 11.7 Å². The minimum atomic E-state index is -0.468. The van der Waals surface area contributed by atoms with Crippen LogP contribution < -0.4 is 11.2 Å². The first-order valence-electron chi connectivity index (χ1n) is 4.49. The third kappa shape index (κ3) is 1.21. The van der Waals surface area contributed by atoms with Crippen molar-refractivity contribution in [2.24, 2.45) is 4.99 Å². The zero-order valence-electron chi connectivity index (χ0n) is 7.56. The van der Waals surface area contributed by atoms with Gasteiger partial charge in [0, 0.05) is 6.21 Å². The molecular formula is C9H7N3O2S. The lowest BCUT2D eigenvalue weighted by molar-refractivity contribution is 0.714. The van der Waals surface area contributed by atoms with Gasteiger partial charge in [0.1, 0.15) is 6.04 Å². The smallest absolute Gasteiger partial charge is 0.308 e. The lowest BCUT2D eigenvalue weighted by Crippen LogP contribution is -2.25. The predicted octanol–water partition coefficient (Wildman–Crippen LogP) is 0.219. The van der Waals surface area contributed by atoms with Gasteiger partial charge in [-0.1, -0.05) is 6.08 Å². The van der Waals surface area contributed by atoms with Crippen LogP contribution in [-0.4, -0.2) is 21.4 Å². The van der Waals surface area contributed by atoms with Crippen molar-refractivity contribution in [3.05, 3.63) is 38.7 Å². The zero-order chi connectivity index (χ0) is 10.4. The van der Waals surface area contributed by atoms with Crippen LogP contribution in [0.15, 0.2) is 31.6 Å². The van der Waals surface area contributed by atoms with Crippen LogP contribution in [0.2, 0.25) is 0 Å². The van der Waals surface area contributed by atoms with Gasteiger partial charge in [0.2, 0.25) is 0 Å². The van der Waals surface area contributed by atoms with Crippen molar-refractivity contribution in [1.29, 1.82) is 0 Å². The van der Waals surface area contributed by atoms with Crippen LogP contribution in [0.4, 0.5) is 0 Å². The molecule has 2 N–H and O–H groups in total. The lowest BCUT2D eigenvalue weighted by Gasteiger charge is -2.12. The van der Waals surface area contributed by atoms with Crippen LogP contribution in [0.5, 0.6) is 0 Å². The third-order valence-corrected chi connectivity index (χ3v) is 3.75. The number of H-pyrrole nitrogens is 2. The molecule has 0 bridgehead atoms. The summed E-state index contributed by atoms with van der Waals surface area (Å²) in [7, 11) is 0. The van der Waals surface area contributed by atoms with Crippen molar-refractivity contribution < 1.29 is 0 Å². The molecule has 76 valence electrons. The van der Waals surface area contributed by atoms with Crippen LogP contribution in [0, 0.1) is 0 Å². The van der Waals surface area contributed by atoms with E-state index in [0.717, 1.165) is 0 Å². The van der Waals surface area contributed by atoms with Crippen molar-refractivity contribution >= 4 is 18.0 Å². The number of hydrogen-bond donors (Lipinski definition) is 2. The number of aromatic nitrogens is 2. The largest absolute Gasteiger partial charge is 0.326 e. The van der Waals surface area contributed by atoms with Gasteiger partial charge < -0.3 is 4.98 Å². The number of nitrogens with zero attached hydrogens (tertiary/aromatic N) is 1. The monoisotopic (exact) mass is 221 g/mol. The van der Waals surface area contributed by atoms with E-state index in [1.807, 2.05) is 12.2 Å². The van der Waals surface area contributed by atoms with E-state index in [0.29, 0.717) is 10.6 Å². The SMILES string of the molecule is O=c1[nH]c2c(c(=O)[nH]1)SC1C=CC=NC21. The number of allylic oxidation sites excluding steroid dienone is 1. The Balaban J connectivity index is 2.25. The first-order valence-corrected chi connectivity index (χ1v) is 5.37. The van der Waals surface area contributed by atoms with Gasteiger partial charge in [-0.05, 0) is 6.08 Å². The minimum Gasteiger partial charge on any atom is -0.308 e. The first kappa shape index (κ1) is 8.72. The summed E-state index contributed by atoms with van der Waals surface area (Å²) < 4.78 is 0. The van der Waals surface area contributed by atoms with Crippen LogP contribution in [0.25, 0.3) is 0 Å². The summed E-state index contributed by atoms with van der Waals surface area (Å²) in [6, 6.07) is -0.120. The summed E-state index contributed by atoms with van der Waals surface area (Å²) in [5.41, 5.74) is -0.152. The molecule has 0 radical (unpaired) electrons. The average Bonchev–Trinajstić information content (AvgIpc) is 2.57. The molecule has 0 saturated carbocycles. The summed E-state index contributed by atoms with van der Waals surface area (Å²) in [6.07, 6.45) is 5.53. The van der Waals surface area contributed by atoms with E-state index in [9.17, 15) is 9.59 Å². The average molecular weight is 221 g/mol. The van der Waals surface area contributed by atoms with Crippen LogP contribution in [0.3, 0.4) is 0 Å². The predicted molar refractivity (Wildman–Crippen MR) is 57.7 cm³/mol. The normalized spacial score (nSPS) is 26.4. The number of dihydropyridines is 1. The van der Waals surface area contributed by atoms with Crippen molar-refractivity contribution in [2.45, 2.75) is 16.2 Å². The number of nitrogens with one attached hydrogen (secondary N) is 2. The van der Waals surface area contributed by atoms with E-state index in [4.69, 9.17) is 0 Å². The van der Waals surface area contributed by atoms with Crippen LogP contribution in [-0.2, 0) is 0 Å². The van der Waals surface area contributed by atoms with Gasteiger partial charge in [-0.15, -0.1) is 11.8 Å². The zero-order valence-corrected chi connectivity index (χ0v) is 8.38. The molecular weight excluding hydrogens is 214 g/mol. The van der Waals surface area contributed by atoms with E-state index >= 15 is 0 Å². The van der Waals surface area contributed by atoms with Gasteiger partial charge in [-0.3, -0.25) is 14.8 Å². The quantitative estimate of drug-likeness (QED) is 0.657. The standard InChI is InChI=1S/C9H7N3O2S/c13-8-7-6(11-9(14)12-8)5-4(15-7)2-1-3-10-5/h1-5H,(H2,11,12,13,14).